The van der Waals surface area contributed by atoms with Gasteiger partial charge in [0.25, 0.3) is 5.91 Å². The molecule has 0 N–H and O–H groups in total. The van der Waals surface area contributed by atoms with Gasteiger partial charge in [-0.3, -0.25) is 4.79 Å². The maximum Gasteiger partial charge on any atom is 0.416 e. The van der Waals surface area contributed by atoms with Crippen molar-refractivity contribution in [2.24, 2.45) is 0 Å². The van der Waals surface area contributed by atoms with Gasteiger partial charge in [-0.15, -0.1) is 0 Å². The number of methoxy groups -OCH3 is 1. The third-order valence-electron chi connectivity index (χ3n) is 6.10. The van der Waals surface area contributed by atoms with Crippen LogP contribution in [0.5, 0.6) is 5.75 Å². The number of hydrogen-bond acceptors (Lipinski definition) is 2. The fourth-order valence-electron chi connectivity index (χ4n) is 4.17. The number of halogens is 6. The highest BCUT2D eigenvalue weighted by molar-refractivity contribution is 5.94. The Bertz CT molecular complexity index is 1400. The zero-order chi connectivity index (χ0) is 28.2. The number of alkyl halides is 6. The molecule has 4 aromatic rings. The molecule has 10 heteroatoms. The SMILES string of the molecule is COc1cccc(Cn2cccc2CN(Cc2ccccc2)C(=O)c2cc(C(F)(F)F)cc(C(F)(F)F)c2)c1. The molecule has 1 amide bonds. The van der Waals surface area contributed by atoms with E-state index in [2.05, 4.69) is 0 Å². The first-order valence-corrected chi connectivity index (χ1v) is 11.8. The van der Waals surface area contributed by atoms with Crippen molar-refractivity contribution in [1.29, 1.82) is 0 Å². The molecule has 0 spiro atoms. The van der Waals surface area contributed by atoms with E-state index >= 15 is 0 Å². The van der Waals surface area contributed by atoms with Crippen LogP contribution in [0.3, 0.4) is 0 Å². The van der Waals surface area contributed by atoms with Crippen LogP contribution < -0.4 is 4.74 Å². The quantitative estimate of drug-likeness (QED) is 0.216. The number of amides is 1. The molecule has 0 aliphatic heterocycles. The van der Waals surface area contributed by atoms with Crippen molar-refractivity contribution < 1.29 is 35.9 Å². The van der Waals surface area contributed by atoms with Gasteiger partial charge in [0.1, 0.15) is 5.75 Å². The standard InChI is InChI=1S/C29H24F6N2O2/c1-39-26-11-5-9-21(13-26)18-36-12-6-10-25(36)19-37(17-20-7-3-2-4-8-20)27(38)22-14-23(28(30,31)32)16-24(15-22)29(33,34)35/h2-16H,17-19H2,1H3. The Morgan fingerprint density at radius 1 is 0.769 bits per heavy atom. The van der Waals surface area contributed by atoms with Crippen molar-refractivity contribution in [3.05, 3.63) is 125 Å². The average Bonchev–Trinajstić information content (AvgIpc) is 3.33. The average molecular weight is 547 g/mol. The smallest absolute Gasteiger partial charge is 0.416 e. The summed E-state index contributed by atoms with van der Waals surface area (Å²) >= 11 is 0. The number of aromatic nitrogens is 1. The first-order valence-electron chi connectivity index (χ1n) is 11.8. The van der Waals surface area contributed by atoms with Crippen LogP contribution in [-0.4, -0.2) is 22.5 Å². The molecule has 0 fully saturated rings. The Hall–Kier alpha value is -4.21. The van der Waals surface area contributed by atoms with Crippen molar-refractivity contribution >= 4 is 5.91 Å². The van der Waals surface area contributed by atoms with Crippen LogP contribution in [0.25, 0.3) is 0 Å². The molecule has 4 nitrogen and oxygen atoms in total. The highest BCUT2D eigenvalue weighted by Gasteiger charge is 2.38. The van der Waals surface area contributed by atoms with Crippen molar-refractivity contribution in [3.8, 4) is 5.75 Å². The molecule has 3 aromatic carbocycles. The third-order valence-corrected chi connectivity index (χ3v) is 6.10. The van der Waals surface area contributed by atoms with Gasteiger partial charge in [0.2, 0.25) is 0 Å². The summed E-state index contributed by atoms with van der Waals surface area (Å²) in [5, 5.41) is 0. The second-order valence-corrected chi connectivity index (χ2v) is 8.92. The van der Waals surface area contributed by atoms with E-state index in [0.717, 1.165) is 5.56 Å². The summed E-state index contributed by atoms with van der Waals surface area (Å²) in [5.41, 5.74) is -1.56. The minimum Gasteiger partial charge on any atom is -0.497 e. The maximum absolute atomic E-state index is 13.6. The molecular formula is C29H24F6N2O2. The van der Waals surface area contributed by atoms with Crippen LogP contribution >= 0.6 is 0 Å². The number of nitrogens with zero attached hydrogens (tertiary/aromatic N) is 2. The van der Waals surface area contributed by atoms with Gasteiger partial charge in [0.15, 0.2) is 0 Å². The molecule has 0 aliphatic rings. The lowest BCUT2D eigenvalue weighted by Crippen LogP contribution is -2.31. The van der Waals surface area contributed by atoms with E-state index in [0.29, 0.717) is 35.7 Å². The highest BCUT2D eigenvalue weighted by atomic mass is 19.4. The third kappa shape index (κ3) is 7.01. The summed E-state index contributed by atoms with van der Waals surface area (Å²) in [6, 6.07) is 20.5. The normalized spacial score (nSPS) is 11.9. The lowest BCUT2D eigenvalue weighted by Gasteiger charge is -2.25. The van der Waals surface area contributed by atoms with Gasteiger partial charge in [0, 0.05) is 30.5 Å². The van der Waals surface area contributed by atoms with Crippen molar-refractivity contribution in [3.63, 3.8) is 0 Å². The second kappa shape index (κ2) is 11.3. The van der Waals surface area contributed by atoms with Gasteiger partial charge in [0.05, 0.1) is 24.8 Å². The predicted molar refractivity (Wildman–Crippen MR) is 133 cm³/mol. The second-order valence-electron chi connectivity index (χ2n) is 8.92. The van der Waals surface area contributed by atoms with E-state index in [-0.39, 0.29) is 19.2 Å². The van der Waals surface area contributed by atoms with Crippen LogP contribution in [0.4, 0.5) is 26.3 Å². The Labute approximate surface area is 221 Å². The molecule has 4 rings (SSSR count). The number of benzene rings is 3. The molecule has 0 saturated carbocycles. The molecule has 0 aliphatic carbocycles. The van der Waals surface area contributed by atoms with Crippen LogP contribution in [-0.2, 0) is 32.0 Å². The van der Waals surface area contributed by atoms with E-state index in [1.165, 1.54) is 4.90 Å². The van der Waals surface area contributed by atoms with E-state index in [4.69, 9.17) is 4.74 Å². The summed E-state index contributed by atoms with van der Waals surface area (Å²) in [5.74, 6) is -0.295. The summed E-state index contributed by atoms with van der Waals surface area (Å²) in [6.45, 7) is 0.332. The van der Waals surface area contributed by atoms with Gasteiger partial charge in [-0.1, -0.05) is 42.5 Å². The van der Waals surface area contributed by atoms with Gasteiger partial charge < -0.3 is 14.2 Å². The van der Waals surface area contributed by atoms with E-state index in [9.17, 15) is 31.1 Å². The summed E-state index contributed by atoms with van der Waals surface area (Å²) < 4.78 is 87.9. The van der Waals surface area contributed by atoms with Crippen LogP contribution in [0, 0.1) is 0 Å². The lowest BCUT2D eigenvalue weighted by molar-refractivity contribution is -0.143. The maximum atomic E-state index is 13.6. The first-order chi connectivity index (χ1) is 18.4. The van der Waals surface area contributed by atoms with Crippen molar-refractivity contribution in [1.82, 2.24) is 9.47 Å². The van der Waals surface area contributed by atoms with Crippen LogP contribution in [0.2, 0.25) is 0 Å². The minimum absolute atomic E-state index is 0.0115. The molecule has 0 unspecified atom stereocenters. The lowest BCUT2D eigenvalue weighted by atomic mass is 10.0. The number of ether oxygens (including phenoxy) is 1. The number of carbonyl (C=O) groups excluding carboxylic acids is 1. The van der Waals surface area contributed by atoms with Gasteiger partial charge in [-0.05, 0) is 53.6 Å². The molecule has 1 heterocycles. The highest BCUT2D eigenvalue weighted by Crippen LogP contribution is 2.36. The number of hydrogen-bond donors (Lipinski definition) is 0. The molecular weight excluding hydrogens is 522 g/mol. The number of rotatable bonds is 8. The minimum atomic E-state index is -5.06. The molecule has 0 bridgehead atoms. The predicted octanol–water partition coefficient (Wildman–Crippen LogP) is 7.43. The van der Waals surface area contributed by atoms with Gasteiger partial charge in [-0.25, -0.2) is 0 Å². The van der Waals surface area contributed by atoms with E-state index in [1.807, 2.05) is 22.8 Å². The molecule has 0 saturated heterocycles. The van der Waals surface area contributed by atoms with Crippen LogP contribution in [0.15, 0.2) is 91.1 Å². The Balaban J connectivity index is 1.70. The largest absolute Gasteiger partial charge is 0.497 e. The number of carbonyl (C=O) groups is 1. The monoisotopic (exact) mass is 546 g/mol. The summed E-state index contributed by atoms with van der Waals surface area (Å²) in [7, 11) is 1.55. The zero-order valence-electron chi connectivity index (χ0n) is 20.8. The first kappa shape index (κ1) is 27.8. The molecule has 0 radical (unpaired) electrons. The van der Waals surface area contributed by atoms with E-state index in [1.54, 1.807) is 61.8 Å². The van der Waals surface area contributed by atoms with E-state index < -0.39 is 35.0 Å². The molecule has 1 aromatic heterocycles. The fraction of sp³-hybridized carbons (Fsp3) is 0.207. The Morgan fingerprint density at radius 3 is 2.03 bits per heavy atom. The fourth-order valence-corrected chi connectivity index (χ4v) is 4.17. The van der Waals surface area contributed by atoms with Gasteiger partial charge in [-0.2, -0.15) is 26.3 Å². The summed E-state index contributed by atoms with van der Waals surface area (Å²) in [6.07, 6.45) is -8.34. The van der Waals surface area contributed by atoms with Crippen LogP contribution in [0.1, 0.15) is 38.3 Å². The Kier molecular flexibility index (Phi) is 8.03. The Morgan fingerprint density at radius 2 is 1.41 bits per heavy atom. The molecule has 0 atom stereocenters. The molecule has 39 heavy (non-hydrogen) atoms. The zero-order valence-corrected chi connectivity index (χ0v) is 20.8. The summed E-state index contributed by atoms with van der Waals surface area (Å²) in [4.78, 5) is 14.8. The molecule has 204 valence electrons. The van der Waals surface area contributed by atoms with Crippen molar-refractivity contribution in [2.75, 3.05) is 7.11 Å². The van der Waals surface area contributed by atoms with Gasteiger partial charge >= 0.3 is 12.4 Å². The van der Waals surface area contributed by atoms with Crippen molar-refractivity contribution in [2.45, 2.75) is 32.0 Å². The topological polar surface area (TPSA) is 34.5 Å².